The maximum absolute atomic E-state index is 13.0. The quantitative estimate of drug-likeness (QED) is 0.652. The van der Waals surface area contributed by atoms with E-state index >= 15 is 0 Å². The zero-order chi connectivity index (χ0) is 21.7. The first-order valence-corrected chi connectivity index (χ1v) is 13.0. The first-order chi connectivity index (χ1) is 15.0. The van der Waals surface area contributed by atoms with Crippen LogP contribution in [-0.2, 0) is 19.6 Å². The molecule has 31 heavy (non-hydrogen) atoms. The summed E-state index contributed by atoms with van der Waals surface area (Å²) in [5, 5.41) is 0. The van der Waals surface area contributed by atoms with E-state index < -0.39 is 10.0 Å². The summed E-state index contributed by atoms with van der Waals surface area (Å²) in [7, 11) is -3.52. The largest absolute Gasteiger partial charge is 0.379 e. The molecule has 1 aromatic rings. The fourth-order valence-corrected chi connectivity index (χ4v) is 6.32. The average Bonchev–Trinajstić information content (AvgIpc) is 2.84. The lowest BCUT2D eigenvalue weighted by atomic mass is 9.91. The number of carbonyl (C=O) groups is 1. The van der Waals surface area contributed by atoms with Gasteiger partial charge in [0.05, 0.1) is 13.2 Å². The number of ether oxygens (including phenoxy) is 1. The van der Waals surface area contributed by atoms with Crippen LogP contribution in [0.3, 0.4) is 0 Å². The van der Waals surface area contributed by atoms with Gasteiger partial charge in [-0.25, -0.2) is 8.42 Å². The van der Waals surface area contributed by atoms with Crippen LogP contribution in [0.25, 0.3) is 0 Å². The molecule has 0 spiro atoms. The van der Waals surface area contributed by atoms with E-state index in [9.17, 15) is 13.2 Å². The monoisotopic (exact) mass is 450 g/mol. The third-order valence-corrected chi connectivity index (χ3v) is 8.84. The van der Waals surface area contributed by atoms with Crippen molar-refractivity contribution in [2.75, 3.05) is 59.0 Å². The molecule has 4 heterocycles. The molecule has 0 N–H and O–H groups in total. The van der Waals surface area contributed by atoms with Crippen molar-refractivity contribution in [3.63, 3.8) is 0 Å². The molecule has 3 fully saturated rings. The van der Waals surface area contributed by atoms with Crippen molar-refractivity contribution < 1.29 is 17.9 Å². The summed E-state index contributed by atoms with van der Waals surface area (Å²) < 4.78 is 32.4. The van der Waals surface area contributed by atoms with Crippen molar-refractivity contribution in [2.24, 2.45) is 11.8 Å². The Hall–Kier alpha value is -1.55. The number of morpholine rings is 1. The second-order valence-corrected chi connectivity index (χ2v) is 10.8. The first-order valence-electron chi connectivity index (χ1n) is 11.5. The Labute approximate surface area is 185 Å². The number of piperidine rings is 2. The fraction of sp³-hybridized carbons (Fsp3) is 0.727. The summed E-state index contributed by atoms with van der Waals surface area (Å²) in [5.74, 6) is 0.841. The Morgan fingerprint density at radius 1 is 1.03 bits per heavy atom. The molecular weight excluding hydrogens is 416 g/mol. The van der Waals surface area contributed by atoms with Gasteiger partial charge in [0, 0.05) is 57.6 Å². The number of pyridine rings is 1. The molecule has 0 saturated carbocycles. The van der Waals surface area contributed by atoms with Crippen LogP contribution in [0, 0.1) is 11.8 Å². The van der Waals surface area contributed by atoms with Gasteiger partial charge in [0.2, 0.25) is 15.9 Å². The van der Waals surface area contributed by atoms with Gasteiger partial charge in [0.15, 0.2) is 0 Å². The Morgan fingerprint density at radius 2 is 1.74 bits per heavy atom. The van der Waals surface area contributed by atoms with Crippen LogP contribution >= 0.6 is 0 Å². The van der Waals surface area contributed by atoms with Crippen molar-refractivity contribution in [1.29, 1.82) is 0 Å². The topological polar surface area (TPSA) is 83.0 Å². The van der Waals surface area contributed by atoms with Crippen molar-refractivity contribution in [1.82, 2.24) is 19.1 Å². The number of aromatic nitrogens is 1. The summed E-state index contributed by atoms with van der Waals surface area (Å²) >= 11 is 0. The first kappa shape index (κ1) is 22.6. The summed E-state index contributed by atoms with van der Waals surface area (Å²) in [6.07, 6.45) is 7.48. The smallest absolute Gasteiger partial charge is 0.244 e. The average molecular weight is 451 g/mol. The second-order valence-electron chi connectivity index (χ2n) is 8.88. The van der Waals surface area contributed by atoms with E-state index in [-0.39, 0.29) is 16.7 Å². The fourth-order valence-electron chi connectivity index (χ4n) is 4.88. The molecule has 1 aromatic heterocycles. The number of likely N-dealkylation sites (tertiary alicyclic amines) is 1. The standard InChI is InChI=1S/C22H34N4O4S/c27-22(25-10-4-19(5-11-25)3-9-24-14-16-30-17-15-24)20-6-12-26(13-7-20)31(28,29)21-2-1-8-23-18-21/h1-2,8,18-20H,3-7,9-17H2. The third kappa shape index (κ3) is 5.63. The third-order valence-electron chi connectivity index (χ3n) is 6.96. The van der Waals surface area contributed by atoms with E-state index in [2.05, 4.69) is 9.88 Å². The number of nitrogens with zero attached hydrogens (tertiary/aromatic N) is 4. The minimum Gasteiger partial charge on any atom is -0.379 e. The lowest BCUT2D eigenvalue weighted by Crippen LogP contribution is -2.46. The number of sulfonamides is 1. The molecule has 9 heteroatoms. The normalized spacial score (nSPS) is 23.2. The molecule has 4 rings (SSSR count). The zero-order valence-corrected chi connectivity index (χ0v) is 19.0. The maximum atomic E-state index is 13.0. The molecule has 3 aliphatic rings. The number of carbonyl (C=O) groups excluding carboxylic acids is 1. The SMILES string of the molecule is O=C(C1CCN(S(=O)(=O)c2cccnc2)CC1)N1CCC(CCN2CCOCC2)CC1. The Kier molecular flexibility index (Phi) is 7.58. The molecule has 0 atom stereocenters. The number of rotatable bonds is 6. The summed E-state index contributed by atoms with van der Waals surface area (Å²) in [6, 6.07) is 3.20. The van der Waals surface area contributed by atoms with Crippen LogP contribution in [0.15, 0.2) is 29.4 Å². The minimum atomic E-state index is -3.52. The van der Waals surface area contributed by atoms with Gasteiger partial charge in [-0.3, -0.25) is 14.7 Å². The highest BCUT2D eigenvalue weighted by molar-refractivity contribution is 7.89. The van der Waals surface area contributed by atoms with Crippen LogP contribution in [0.1, 0.15) is 32.1 Å². The highest BCUT2D eigenvalue weighted by Crippen LogP contribution is 2.27. The van der Waals surface area contributed by atoms with Crippen molar-refractivity contribution >= 4 is 15.9 Å². The van der Waals surface area contributed by atoms with Gasteiger partial charge in [0.1, 0.15) is 4.90 Å². The Balaban J connectivity index is 1.21. The molecule has 0 bridgehead atoms. The van der Waals surface area contributed by atoms with Gasteiger partial charge >= 0.3 is 0 Å². The van der Waals surface area contributed by atoms with Gasteiger partial charge in [-0.05, 0) is 56.7 Å². The van der Waals surface area contributed by atoms with Gasteiger partial charge in [-0.1, -0.05) is 0 Å². The summed E-state index contributed by atoms with van der Waals surface area (Å²) in [4.78, 5) is 21.7. The molecule has 0 radical (unpaired) electrons. The predicted octanol–water partition coefficient (Wildman–Crippen LogP) is 1.44. The van der Waals surface area contributed by atoms with Crippen molar-refractivity contribution in [2.45, 2.75) is 37.0 Å². The van der Waals surface area contributed by atoms with Crippen molar-refractivity contribution in [3.05, 3.63) is 24.5 Å². The molecule has 3 aliphatic heterocycles. The van der Waals surface area contributed by atoms with Gasteiger partial charge in [0.25, 0.3) is 0 Å². The highest BCUT2D eigenvalue weighted by Gasteiger charge is 2.35. The Bertz CT molecular complexity index is 813. The number of hydrogen-bond donors (Lipinski definition) is 0. The predicted molar refractivity (Wildman–Crippen MR) is 117 cm³/mol. The molecular formula is C22H34N4O4S. The van der Waals surface area contributed by atoms with E-state index in [0.717, 1.165) is 58.8 Å². The highest BCUT2D eigenvalue weighted by atomic mass is 32.2. The second kappa shape index (κ2) is 10.4. The zero-order valence-electron chi connectivity index (χ0n) is 18.2. The van der Waals surface area contributed by atoms with Crippen LogP contribution < -0.4 is 0 Å². The molecule has 0 aromatic carbocycles. The van der Waals surface area contributed by atoms with E-state index in [1.807, 2.05) is 4.90 Å². The summed E-state index contributed by atoms with van der Waals surface area (Å²) in [5.41, 5.74) is 0. The van der Waals surface area contributed by atoms with Gasteiger partial charge in [-0.2, -0.15) is 4.31 Å². The summed E-state index contributed by atoms with van der Waals surface area (Å²) in [6.45, 7) is 7.34. The molecule has 0 unspecified atom stereocenters. The Morgan fingerprint density at radius 3 is 2.39 bits per heavy atom. The van der Waals surface area contributed by atoms with Crippen LogP contribution in [-0.4, -0.2) is 92.4 Å². The molecule has 0 aliphatic carbocycles. The molecule has 172 valence electrons. The van der Waals surface area contributed by atoms with Crippen LogP contribution in [0.2, 0.25) is 0 Å². The lowest BCUT2D eigenvalue weighted by molar-refractivity contribution is -0.138. The van der Waals surface area contributed by atoms with E-state index in [1.165, 1.54) is 16.9 Å². The lowest BCUT2D eigenvalue weighted by Gasteiger charge is -2.37. The van der Waals surface area contributed by atoms with Crippen LogP contribution in [0.4, 0.5) is 0 Å². The van der Waals surface area contributed by atoms with Gasteiger partial charge in [-0.15, -0.1) is 0 Å². The van der Waals surface area contributed by atoms with Gasteiger partial charge < -0.3 is 9.64 Å². The maximum Gasteiger partial charge on any atom is 0.244 e. The molecule has 1 amide bonds. The van der Waals surface area contributed by atoms with E-state index in [4.69, 9.17) is 4.74 Å². The number of amides is 1. The molecule has 8 nitrogen and oxygen atoms in total. The van der Waals surface area contributed by atoms with Crippen molar-refractivity contribution in [3.8, 4) is 0 Å². The minimum absolute atomic E-state index is 0.0646. The molecule has 3 saturated heterocycles. The van der Waals surface area contributed by atoms with E-state index in [0.29, 0.717) is 31.8 Å². The van der Waals surface area contributed by atoms with Crippen LogP contribution in [0.5, 0.6) is 0 Å². The van der Waals surface area contributed by atoms with E-state index in [1.54, 1.807) is 18.3 Å². The number of hydrogen-bond acceptors (Lipinski definition) is 6.